The summed E-state index contributed by atoms with van der Waals surface area (Å²) in [6.07, 6.45) is 5.94. The van der Waals surface area contributed by atoms with Gasteiger partial charge in [-0.25, -0.2) is 18.7 Å². The van der Waals surface area contributed by atoms with Crippen LogP contribution in [0.5, 0.6) is 5.88 Å². The molecule has 1 amide bonds. The first-order valence-electron chi connectivity index (χ1n) is 11.5. The Morgan fingerprint density at radius 1 is 1.29 bits per heavy atom. The number of aryl methyl sites for hydroxylation is 2. The Balaban J connectivity index is 1.80. The van der Waals surface area contributed by atoms with E-state index in [1.165, 1.54) is 24.7 Å². The molecule has 1 atom stereocenters. The number of anilines is 1. The lowest BCUT2D eigenvalue weighted by molar-refractivity contribution is -0.132. The molecule has 0 radical (unpaired) electrons. The van der Waals surface area contributed by atoms with Gasteiger partial charge in [0.1, 0.15) is 11.6 Å². The minimum atomic E-state index is -0.679. The summed E-state index contributed by atoms with van der Waals surface area (Å²) >= 11 is 1.42. The summed E-state index contributed by atoms with van der Waals surface area (Å²) in [5.74, 6) is -0.341. The molecule has 3 heterocycles. The Bertz CT molecular complexity index is 1110. The molecule has 3 rings (SSSR count). The van der Waals surface area contributed by atoms with Crippen molar-refractivity contribution in [2.75, 3.05) is 25.6 Å². The minimum absolute atomic E-state index is 0.185. The third kappa shape index (κ3) is 5.88. The Kier molecular flexibility index (Phi) is 8.92. The van der Waals surface area contributed by atoms with Crippen molar-refractivity contribution in [1.82, 2.24) is 19.2 Å². The number of unbranched alkanes of at least 4 members (excludes halogenated alkanes) is 1. The largest absolute Gasteiger partial charge is 0.481 e. The quantitative estimate of drug-likeness (QED) is 0.365. The summed E-state index contributed by atoms with van der Waals surface area (Å²) in [7, 11) is 1.46. The van der Waals surface area contributed by atoms with E-state index in [1.807, 2.05) is 25.4 Å². The van der Waals surface area contributed by atoms with Crippen LogP contribution in [-0.2, 0) is 11.2 Å². The Labute approximate surface area is 204 Å². The number of methoxy groups -OCH3 is 1. The highest BCUT2D eigenvalue weighted by atomic mass is 32.1. The number of likely N-dealkylation sites (N-methyl/N-ethyl adjacent to an activating group) is 1. The number of amides is 1. The molecule has 9 heteroatoms. The van der Waals surface area contributed by atoms with Gasteiger partial charge in [-0.2, -0.15) is 0 Å². The molecule has 3 aromatic heterocycles. The van der Waals surface area contributed by atoms with E-state index in [0.29, 0.717) is 6.54 Å². The number of aromatic nitrogens is 3. The zero-order chi connectivity index (χ0) is 24.7. The van der Waals surface area contributed by atoms with Gasteiger partial charge in [0.15, 0.2) is 0 Å². The zero-order valence-electron chi connectivity index (χ0n) is 20.4. The standard InChI is InChI=1S/C25H32FN5O2S/c1-6-8-9-18-10-21(19-12-29-34-14-19)17(4)30-24(18)28-15-31(7-2)25(32)16(3)20-11-23(33-5)27-13-22(20)26/h10-14,16H,6-9,15H2,1-5H3,(H,28,30)/t16-/m1/s1. The second-order valence-corrected chi connectivity index (χ2v) is 8.80. The van der Waals surface area contributed by atoms with E-state index in [4.69, 9.17) is 9.72 Å². The van der Waals surface area contributed by atoms with Crippen molar-refractivity contribution in [3.05, 3.63) is 52.5 Å². The Hall–Kier alpha value is -3.07. The van der Waals surface area contributed by atoms with Gasteiger partial charge in [-0.3, -0.25) is 4.79 Å². The molecular formula is C25H32FN5O2S. The van der Waals surface area contributed by atoms with Gasteiger partial charge in [0, 0.05) is 46.6 Å². The molecule has 0 spiro atoms. The van der Waals surface area contributed by atoms with Crippen molar-refractivity contribution in [3.63, 3.8) is 0 Å². The Morgan fingerprint density at radius 2 is 2.09 bits per heavy atom. The predicted octanol–water partition coefficient (Wildman–Crippen LogP) is 5.42. The smallest absolute Gasteiger partial charge is 0.231 e. The molecule has 0 saturated carbocycles. The average Bonchev–Trinajstić information content (AvgIpc) is 3.38. The molecule has 7 nitrogen and oxygen atoms in total. The van der Waals surface area contributed by atoms with Gasteiger partial charge in [-0.15, -0.1) is 0 Å². The van der Waals surface area contributed by atoms with E-state index in [9.17, 15) is 9.18 Å². The normalized spacial score (nSPS) is 11.8. The molecule has 1 N–H and O–H groups in total. The van der Waals surface area contributed by atoms with Crippen molar-refractivity contribution >= 4 is 23.3 Å². The third-order valence-corrected chi connectivity index (χ3v) is 6.46. The van der Waals surface area contributed by atoms with Gasteiger partial charge < -0.3 is 15.0 Å². The fraction of sp³-hybridized carbons (Fsp3) is 0.440. The van der Waals surface area contributed by atoms with Gasteiger partial charge in [0.25, 0.3) is 0 Å². The molecule has 0 aliphatic rings. The van der Waals surface area contributed by atoms with Crippen LogP contribution in [0.3, 0.4) is 0 Å². The van der Waals surface area contributed by atoms with Crippen molar-refractivity contribution in [2.45, 2.75) is 52.9 Å². The van der Waals surface area contributed by atoms with E-state index >= 15 is 0 Å². The van der Waals surface area contributed by atoms with Crippen molar-refractivity contribution in [1.29, 1.82) is 0 Å². The second kappa shape index (κ2) is 11.9. The van der Waals surface area contributed by atoms with E-state index in [1.54, 1.807) is 11.8 Å². The Morgan fingerprint density at radius 3 is 2.74 bits per heavy atom. The van der Waals surface area contributed by atoms with Crippen LogP contribution in [0.2, 0.25) is 0 Å². The summed E-state index contributed by atoms with van der Waals surface area (Å²) in [4.78, 5) is 23.6. The number of halogens is 1. The van der Waals surface area contributed by atoms with Gasteiger partial charge in [0.05, 0.1) is 25.9 Å². The molecule has 0 unspecified atom stereocenters. The van der Waals surface area contributed by atoms with Gasteiger partial charge in [-0.05, 0) is 56.8 Å². The number of pyridine rings is 2. The van der Waals surface area contributed by atoms with Crippen molar-refractivity contribution < 1.29 is 13.9 Å². The summed E-state index contributed by atoms with van der Waals surface area (Å²) in [5.41, 5.74) is 4.41. The second-order valence-electron chi connectivity index (χ2n) is 8.14. The highest BCUT2D eigenvalue weighted by Crippen LogP contribution is 2.29. The lowest BCUT2D eigenvalue weighted by Gasteiger charge is -2.26. The maximum Gasteiger partial charge on any atom is 0.231 e. The molecule has 0 saturated heterocycles. The van der Waals surface area contributed by atoms with Crippen LogP contribution in [0.15, 0.2) is 29.9 Å². The molecule has 0 fully saturated rings. The fourth-order valence-corrected chi connectivity index (χ4v) is 4.32. The third-order valence-electron chi connectivity index (χ3n) is 5.87. The first-order chi connectivity index (χ1) is 16.4. The molecule has 0 aliphatic carbocycles. The van der Waals surface area contributed by atoms with E-state index in [2.05, 4.69) is 27.7 Å². The fourth-order valence-electron chi connectivity index (χ4n) is 3.79. The number of nitrogens with one attached hydrogen (secondary N) is 1. The van der Waals surface area contributed by atoms with Crippen LogP contribution >= 0.6 is 11.5 Å². The molecule has 34 heavy (non-hydrogen) atoms. The van der Waals surface area contributed by atoms with E-state index < -0.39 is 11.7 Å². The highest BCUT2D eigenvalue weighted by Gasteiger charge is 2.25. The van der Waals surface area contributed by atoms with Crippen LogP contribution in [0.1, 0.15) is 56.4 Å². The topological polar surface area (TPSA) is 80.2 Å². The predicted molar refractivity (Wildman–Crippen MR) is 134 cm³/mol. The van der Waals surface area contributed by atoms with Crippen LogP contribution in [0, 0.1) is 12.7 Å². The number of nitrogens with zero attached hydrogens (tertiary/aromatic N) is 4. The molecule has 0 bridgehead atoms. The van der Waals surface area contributed by atoms with Crippen LogP contribution in [0.4, 0.5) is 10.2 Å². The highest BCUT2D eigenvalue weighted by molar-refractivity contribution is 7.03. The number of carbonyl (C=O) groups excluding carboxylic acids is 1. The first kappa shape index (κ1) is 25.6. The molecule has 3 aromatic rings. The first-order valence-corrected chi connectivity index (χ1v) is 12.4. The maximum atomic E-state index is 14.4. The molecule has 182 valence electrons. The van der Waals surface area contributed by atoms with E-state index in [0.717, 1.165) is 53.7 Å². The molecule has 0 aromatic carbocycles. The summed E-state index contributed by atoms with van der Waals surface area (Å²) in [6, 6.07) is 3.65. The monoisotopic (exact) mass is 485 g/mol. The van der Waals surface area contributed by atoms with E-state index in [-0.39, 0.29) is 24.0 Å². The molecular weight excluding hydrogens is 453 g/mol. The number of carbonyl (C=O) groups is 1. The van der Waals surface area contributed by atoms with Gasteiger partial charge >= 0.3 is 0 Å². The SMILES string of the molecule is CCCCc1cc(-c2cnsc2)c(C)nc1NCN(CC)C(=O)[C@H](C)c1cc(OC)ncc1F. The lowest BCUT2D eigenvalue weighted by Crippen LogP contribution is -2.38. The molecule has 0 aliphatic heterocycles. The number of hydrogen-bond donors (Lipinski definition) is 1. The summed E-state index contributed by atoms with van der Waals surface area (Å²) in [6.45, 7) is 8.48. The van der Waals surface area contributed by atoms with Gasteiger partial charge in [0.2, 0.25) is 11.8 Å². The van der Waals surface area contributed by atoms with Crippen LogP contribution < -0.4 is 10.1 Å². The average molecular weight is 486 g/mol. The maximum absolute atomic E-state index is 14.4. The number of rotatable bonds is 11. The van der Waals surface area contributed by atoms with Crippen LogP contribution in [0.25, 0.3) is 11.1 Å². The zero-order valence-corrected chi connectivity index (χ0v) is 21.2. The summed E-state index contributed by atoms with van der Waals surface area (Å²) in [5, 5.41) is 5.38. The van der Waals surface area contributed by atoms with Gasteiger partial charge in [-0.1, -0.05) is 13.3 Å². The number of ether oxygens (including phenoxy) is 1. The lowest BCUT2D eigenvalue weighted by atomic mass is 10.00. The van der Waals surface area contributed by atoms with Crippen molar-refractivity contribution in [3.8, 4) is 17.0 Å². The minimum Gasteiger partial charge on any atom is -0.481 e. The van der Waals surface area contributed by atoms with Crippen LogP contribution in [-0.4, -0.2) is 45.5 Å². The van der Waals surface area contributed by atoms with Crippen molar-refractivity contribution in [2.24, 2.45) is 0 Å². The summed E-state index contributed by atoms with van der Waals surface area (Å²) < 4.78 is 23.7. The number of hydrogen-bond acceptors (Lipinski definition) is 7.